The van der Waals surface area contributed by atoms with E-state index in [2.05, 4.69) is 41.4 Å². The molecule has 1 aliphatic carbocycles. The van der Waals surface area contributed by atoms with Crippen LogP contribution in [0, 0.1) is 0 Å². The van der Waals surface area contributed by atoms with E-state index in [4.69, 9.17) is 4.74 Å². The second kappa shape index (κ2) is 6.06. The van der Waals surface area contributed by atoms with E-state index in [0.29, 0.717) is 18.6 Å². The van der Waals surface area contributed by atoms with Crippen molar-refractivity contribution in [1.82, 2.24) is 5.32 Å². The topological polar surface area (TPSA) is 41.6 Å². The third kappa shape index (κ3) is 3.21. The van der Waals surface area contributed by atoms with Gasteiger partial charge >= 0.3 is 5.97 Å². The number of ether oxygens (including phenoxy) is 1. The van der Waals surface area contributed by atoms with Crippen LogP contribution < -0.4 is 10.2 Å². The summed E-state index contributed by atoms with van der Waals surface area (Å²) in [5.74, 6) is -0.155. The molecule has 0 aromatic heterocycles. The summed E-state index contributed by atoms with van der Waals surface area (Å²) < 4.78 is 4.98. The minimum Gasteiger partial charge on any atom is -0.468 e. The molecule has 0 spiro atoms. The molecule has 0 saturated heterocycles. The first kappa shape index (κ1) is 14.4. The van der Waals surface area contributed by atoms with Gasteiger partial charge in [-0.05, 0) is 44.2 Å². The van der Waals surface area contributed by atoms with Crippen molar-refractivity contribution in [3.63, 3.8) is 0 Å². The highest BCUT2D eigenvalue weighted by Gasteiger charge is 2.32. The molecule has 1 saturated carbocycles. The minimum absolute atomic E-state index is 0.155. The number of carbonyl (C=O) groups is 1. The van der Waals surface area contributed by atoms with Crippen molar-refractivity contribution in [3.8, 4) is 0 Å². The molecule has 2 atom stereocenters. The summed E-state index contributed by atoms with van der Waals surface area (Å²) in [5.41, 5.74) is 2.65. The number of anilines is 1. The summed E-state index contributed by atoms with van der Waals surface area (Å²) in [7, 11) is 1.47. The minimum atomic E-state index is -0.240. The van der Waals surface area contributed by atoms with Gasteiger partial charge in [0.25, 0.3) is 0 Å². The van der Waals surface area contributed by atoms with Crippen LogP contribution in [-0.4, -0.2) is 37.7 Å². The van der Waals surface area contributed by atoms with Crippen molar-refractivity contribution >= 4 is 11.7 Å². The van der Waals surface area contributed by atoms with Crippen LogP contribution in [-0.2, 0) is 16.0 Å². The van der Waals surface area contributed by atoms with Crippen LogP contribution in [0.3, 0.4) is 0 Å². The smallest absolute Gasteiger partial charge is 0.324 e. The summed E-state index contributed by atoms with van der Waals surface area (Å²) in [4.78, 5) is 14.4. The van der Waals surface area contributed by atoms with Crippen molar-refractivity contribution in [2.24, 2.45) is 0 Å². The summed E-state index contributed by atoms with van der Waals surface area (Å²) >= 11 is 0. The second-order valence-corrected chi connectivity index (χ2v) is 6.19. The Morgan fingerprint density at radius 1 is 1.38 bits per heavy atom. The van der Waals surface area contributed by atoms with Crippen LogP contribution in [0.1, 0.15) is 31.7 Å². The van der Waals surface area contributed by atoms with Gasteiger partial charge in [0.15, 0.2) is 0 Å². The molecule has 4 nitrogen and oxygen atoms in total. The average Bonchev–Trinajstić information content (AvgIpc) is 3.32. The van der Waals surface area contributed by atoms with E-state index in [1.54, 1.807) is 0 Å². The Labute approximate surface area is 126 Å². The number of benzene rings is 1. The van der Waals surface area contributed by atoms with Crippen molar-refractivity contribution in [1.29, 1.82) is 0 Å². The van der Waals surface area contributed by atoms with E-state index in [9.17, 15) is 4.79 Å². The third-order valence-electron chi connectivity index (χ3n) is 4.54. The fraction of sp³-hybridized carbons (Fsp3) is 0.588. The molecule has 4 heteroatoms. The Morgan fingerprint density at radius 3 is 2.86 bits per heavy atom. The molecule has 2 unspecified atom stereocenters. The van der Waals surface area contributed by atoms with E-state index < -0.39 is 0 Å². The Hall–Kier alpha value is -1.55. The maximum atomic E-state index is 12.1. The lowest BCUT2D eigenvalue weighted by atomic mass is 9.96. The van der Waals surface area contributed by atoms with Gasteiger partial charge in [0, 0.05) is 24.3 Å². The van der Waals surface area contributed by atoms with Crippen LogP contribution in [0.2, 0.25) is 0 Å². The number of aryl methyl sites for hydroxylation is 1. The Kier molecular flexibility index (Phi) is 4.15. The quantitative estimate of drug-likeness (QED) is 0.843. The number of para-hydroxylation sites is 1. The number of esters is 1. The summed E-state index contributed by atoms with van der Waals surface area (Å²) in [5, 5.41) is 3.42. The van der Waals surface area contributed by atoms with E-state index in [1.165, 1.54) is 31.2 Å². The first-order chi connectivity index (χ1) is 10.2. The molecular formula is C17H24N2O2. The fourth-order valence-electron chi connectivity index (χ4n) is 3.11. The molecule has 21 heavy (non-hydrogen) atoms. The summed E-state index contributed by atoms with van der Waals surface area (Å²) in [6, 6.07) is 9.22. The first-order valence-electron chi connectivity index (χ1n) is 7.87. The normalized spacial score (nSPS) is 22.6. The van der Waals surface area contributed by atoms with Gasteiger partial charge in [0.05, 0.1) is 7.11 Å². The number of fused-ring (bicyclic) bond motifs is 1. The van der Waals surface area contributed by atoms with Gasteiger partial charge in [0.1, 0.15) is 6.04 Å². The number of hydrogen-bond acceptors (Lipinski definition) is 4. The molecule has 1 aromatic carbocycles. The maximum absolute atomic E-state index is 12.1. The lowest BCUT2D eigenvalue weighted by Crippen LogP contribution is -2.51. The molecule has 1 fully saturated rings. The molecule has 114 valence electrons. The van der Waals surface area contributed by atoms with E-state index >= 15 is 0 Å². The van der Waals surface area contributed by atoms with Crippen LogP contribution in [0.15, 0.2) is 24.3 Å². The number of nitrogens with zero attached hydrogens (tertiary/aromatic N) is 1. The Morgan fingerprint density at radius 2 is 2.14 bits per heavy atom. The lowest BCUT2D eigenvalue weighted by Gasteiger charge is -2.39. The van der Waals surface area contributed by atoms with Gasteiger partial charge in [-0.25, -0.2) is 0 Å². The highest BCUT2D eigenvalue weighted by molar-refractivity contribution is 5.77. The van der Waals surface area contributed by atoms with Gasteiger partial charge < -0.3 is 15.0 Å². The van der Waals surface area contributed by atoms with Gasteiger partial charge in [-0.2, -0.15) is 0 Å². The average molecular weight is 288 g/mol. The van der Waals surface area contributed by atoms with E-state index in [1.807, 2.05) is 0 Å². The molecule has 1 heterocycles. The van der Waals surface area contributed by atoms with Crippen molar-refractivity contribution in [2.45, 2.75) is 50.7 Å². The third-order valence-corrected chi connectivity index (χ3v) is 4.54. The molecular weight excluding hydrogens is 264 g/mol. The second-order valence-electron chi connectivity index (χ2n) is 6.19. The molecule has 2 aliphatic rings. The van der Waals surface area contributed by atoms with Gasteiger partial charge in [0.2, 0.25) is 0 Å². The molecule has 0 radical (unpaired) electrons. The van der Waals surface area contributed by atoms with Crippen molar-refractivity contribution in [3.05, 3.63) is 29.8 Å². The molecule has 0 bridgehead atoms. The first-order valence-corrected chi connectivity index (χ1v) is 7.87. The Balaban J connectivity index is 1.79. The van der Waals surface area contributed by atoms with Crippen LogP contribution in [0.25, 0.3) is 0 Å². The van der Waals surface area contributed by atoms with E-state index in [0.717, 1.165) is 12.8 Å². The van der Waals surface area contributed by atoms with Gasteiger partial charge in [-0.1, -0.05) is 18.2 Å². The zero-order chi connectivity index (χ0) is 14.8. The van der Waals surface area contributed by atoms with Crippen LogP contribution in [0.4, 0.5) is 5.69 Å². The van der Waals surface area contributed by atoms with E-state index in [-0.39, 0.29) is 12.0 Å². The zero-order valence-corrected chi connectivity index (χ0v) is 12.8. The predicted molar refractivity (Wildman–Crippen MR) is 83.5 cm³/mol. The molecule has 0 amide bonds. The van der Waals surface area contributed by atoms with Crippen molar-refractivity contribution in [2.75, 3.05) is 18.6 Å². The number of methoxy groups -OCH3 is 1. The molecule has 1 N–H and O–H groups in total. The lowest BCUT2D eigenvalue weighted by molar-refractivity contribution is -0.142. The summed E-state index contributed by atoms with van der Waals surface area (Å²) in [6.07, 6.45) is 4.58. The molecule has 1 aromatic rings. The number of rotatable bonds is 5. The fourth-order valence-corrected chi connectivity index (χ4v) is 3.11. The predicted octanol–water partition coefficient (Wildman–Crippen LogP) is 2.12. The monoisotopic (exact) mass is 288 g/mol. The number of nitrogens with one attached hydrogen (secondary N) is 1. The molecule has 3 rings (SSSR count). The number of carbonyl (C=O) groups excluding carboxylic acids is 1. The SMILES string of the molecule is COC(=O)C(CN1c2ccccc2CCC1C)NC1CC1. The standard InChI is InChI=1S/C17H24N2O2/c1-12-7-8-13-5-3-4-6-16(13)19(12)11-15(17(20)21-2)18-14-9-10-14/h3-6,12,14-15,18H,7-11H2,1-2H3. The van der Waals surface area contributed by atoms with Crippen LogP contribution >= 0.6 is 0 Å². The highest BCUT2D eigenvalue weighted by atomic mass is 16.5. The van der Waals surface area contributed by atoms with Crippen LogP contribution in [0.5, 0.6) is 0 Å². The van der Waals surface area contributed by atoms with Crippen molar-refractivity contribution < 1.29 is 9.53 Å². The van der Waals surface area contributed by atoms with Gasteiger partial charge in [-0.15, -0.1) is 0 Å². The maximum Gasteiger partial charge on any atom is 0.324 e. The number of hydrogen-bond donors (Lipinski definition) is 1. The van der Waals surface area contributed by atoms with Gasteiger partial charge in [-0.3, -0.25) is 4.79 Å². The largest absolute Gasteiger partial charge is 0.468 e. The molecule has 1 aliphatic heterocycles. The summed E-state index contributed by atoms with van der Waals surface area (Å²) in [6.45, 7) is 2.92. The zero-order valence-electron chi connectivity index (χ0n) is 12.8. The Bertz CT molecular complexity index is 513. The highest BCUT2D eigenvalue weighted by Crippen LogP contribution is 2.31.